The van der Waals surface area contributed by atoms with Gasteiger partial charge in [-0.3, -0.25) is 0 Å². The Bertz CT molecular complexity index is 551. The van der Waals surface area contributed by atoms with Gasteiger partial charge < -0.3 is 10.0 Å². The van der Waals surface area contributed by atoms with E-state index in [4.69, 9.17) is 4.98 Å². The van der Waals surface area contributed by atoms with Crippen molar-refractivity contribution in [2.24, 2.45) is 5.92 Å². The molecule has 20 heavy (non-hydrogen) atoms. The lowest BCUT2D eigenvalue weighted by molar-refractivity contribution is 0.286. The van der Waals surface area contributed by atoms with E-state index >= 15 is 0 Å². The molecule has 0 aliphatic heterocycles. The molecule has 0 spiro atoms. The lowest BCUT2D eigenvalue weighted by atomic mass is 10.1. The van der Waals surface area contributed by atoms with Crippen molar-refractivity contribution < 1.29 is 5.11 Å². The van der Waals surface area contributed by atoms with Gasteiger partial charge in [-0.15, -0.1) is 0 Å². The number of thiazole rings is 1. The predicted molar refractivity (Wildman–Crippen MR) is 86.2 cm³/mol. The number of hydrogen-bond donors (Lipinski definition) is 1. The summed E-state index contributed by atoms with van der Waals surface area (Å²) in [6, 6.07) is 10.5. The Hall–Kier alpha value is -1.39. The predicted octanol–water partition coefficient (Wildman–Crippen LogP) is 3.78. The second-order valence-corrected chi connectivity index (χ2v) is 6.45. The van der Waals surface area contributed by atoms with E-state index in [0.717, 1.165) is 21.3 Å². The molecule has 1 unspecified atom stereocenters. The zero-order valence-electron chi connectivity index (χ0n) is 12.5. The topological polar surface area (TPSA) is 36.4 Å². The van der Waals surface area contributed by atoms with E-state index < -0.39 is 0 Å². The zero-order valence-corrected chi connectivity index (χ0v) is 13.3. The third kappa shape index (κ3) is 3.02. The lowest BCUT2D eigenvalue weighted by Crippen LogP contribution is -2.32. The van der Waals surface area contributed by atoms with Gasteiger partial charge in [0, 0.05) is 18.7 Å². The summed E-state index contributed by atoms with van der Waals surface area (Å²) in [5.74, 6) is 0.557. The molecule has 0 saturated carbocycles. The number of anilines is 1. The van der Waals surface area contributed by atoms with Crippen LogP contribution in [0.1, 0.15) is 25.6 Å². The van der Waals surface area contributed by atoms with Crippen LogP contribution in [0.25, 0.3) is 11.3 Å². The summed E-state index contributed by atoms with van der Waals surface area (Å²) in [7, 11) is 2.07. The molecule has 1 atom stereocenters. The summed E-state index contributed by atoms with van der Waals surface area (Å²) < 4.78 is 0. The molecule has 1 aromatic carbocycles. The van der Waals surface area contributed by atoms with Crippen molar-refractivity contribution in [1.29, 1.82) is 0 Å². The molecule has 3 nitrogen and oxygen atoms in total. The van der Waals surface area contributed by atoms with Crippen molar-refractivity contribution in [3.8, 4) is 11.3 Å². The van der Waals surface area contributed by atoms with Crippen molar-refractivity contribution in [2.75, 3.05) is 11.9 Å². The Morgan fingerprint density at radius 2 is 1.85 bits per heavy atom. The fourth-order valence-corrected chi connectivity index (χ4v) is 3.03. The highest BCUT2D eigenvalue weighted by Gasteiger charge is 2.19. The number of aromatic nitrogens is 1. The first kappa shape index (κ1) is 15.0. The highest BCUT2D eigenvalue weighted by Crippen LogP contribution is 2.34. The summed E-state index contributed by atoms with van der Waals surface area (Å²) >= 11 is 1.57. The van der Waals surface area contributed by atoms with E-state index in [1.807, 2.05) is 30.3 Å². The molecule has 2 aromatic rings. The smallest absolute Gasteiger partial charge is 0.186 e. The fourth-order valence-electron chi connectivity index (χ4n) is 2.04. The Morgan fingerprint density at radius 1 is 1.20 bits per heavy atom. The Labute approximate surface area is 124 Å². The molecule has 0 radical (unpaired) electrons. The third-order valence-electron chi connectivity index (χ3n) is 3.75. The van der Waals surface area contributed by atoms with E-state index in [1.54, 1.807) is 11.3 Å². The number of aliphatic hydroxyl groups is 1. The van der Waals surface area contributed by atoms with E-state index in [2.05, 4.69) is 32.7 Å². The highest BCUT2D eigenvalue weighted by molar-refractivity contribution is 7.16. The summed E-state index contributed by atoms with van der Waals surface area (Å²) in [5, 5.41) is 10.5. The van der Waals surface area contributed by atoms with Gasteiger partial charge in [0.2, 0.25) is 0 Å². The van der Waals surface area contributed by atoms with Crippen LogP contribution in [0.4, 0.5) is 5.13 Å². The van der Waals surface area contributed by atoms with Crippen molar-refractivity contribution in [3.05, 3.63) is 35.2 Å². The van der Waals surface area contributed by atoms with Crippen LogP contribution in [0.15, 0.2) is 30.3 Å². The van der Waals surface area contributed by atoms with E-state index in [1.165, 1.54) is 0 Å². The number of hydrogen-bond acceptors (Lipinski definition) is 4. The van der Waals surface area contributed by atoms with E-state index in [0.29, 0.717) is 12.0 Å². The molecule has 1 aromatic heterocycles. The molecule has 0 saturated heterocycles. The Morgan fingerprint density at radius 3 is 2.40 bits per heavy atom. The summed E-state index contributed by atoms with van der Waals surface area (Å²) in [5.41, 5.74) is 1.96. The normalized spacial score (nSPS) is 12.7. The molecule has 0 fully saturated rings. The van der Waals surface area contributed by atoms with Gasteiger partial charge in [0.05, 0.1) is 17.2 Å². The Kier molecular flexibility index (Phi) is 4.78. The van der Waals surface area contributed by atoms with Gasteiger partial charge in [-0.25, -0.2) is 4.98 Å². The quantitative estimate of drug-likeness (QED) is 0.910. The second kappa shape index (κ2) is 6.37. The maximum absolute atomic E-state index is 9.57. The molecule has 2 rings (SSSR count). The largest absolute Gasteiger partial charge is 0.391 e. The molecule has 1 heterocycles. The van der Waals surface area contributed by atoms with Crippen LogP contribution in [0.2, 0.25) is 0 Å². The number of nitrogens with zero attached hydrogens (tertiary/aromatic N) is 2. The van der Waals surface area contributed by atoms with Crippen molar-refractivity contribution in [2.45, 2.75) is 33.4 Å². The van der Waals surface area contributed by atoms with Crippen molar-refractivity contribution >= 4 is 16.5 Å². The minimum absolute atomic E-state index is 0.0335. The molecule has 0 aliphatic carbocycles. The molecular weight excluding hydrogens is 268 g/mol. The van der Waals surface area contributed by atoms with E-state index in [-0.39, 0.29) is 6.61 Å². The Balaban J connectivity index is 2.37. The summed E-state index contributed by atoms with van der Waals surface area (Å²) in [4.78, 5) is 7.86. The molecule has 108 valence electrons. The standard InChI is InChI=1S/C16H22N2OS/c1-11(2)12(3)18(4)16-17-15(14(10-19)20-16)13-8-6-5-7-9-13/h5-9,11-12,19H,10H2,1-4H3. The maximum Gasteiger partial charge on any atom is 0.186 e. The first-order chi connectivity index (χ1) is 9.54. The average Bonchev–Trinajstić information content (AvgIpc) is 2.90. The molecule has 1 N–H and O–H groups in total. The summed E-state index contributed by atoms with van der Waals surface area (Å²) in [6.45, 7) is 6.65. The molecular formula is C16H22N2OS. The SMILES string of the molecule is CC(C)C(C)N(C)c1nc(-c2ccccc2)c(CO)s1. The maximum atomic E-state index is 9.57. The zero-order chi connectivity index (χ0) is 14.7. The number of rotatable bonds is 5. The van der Waals surface area contributed by atoms with Crippen LogP contribution in [-0.4, -0.2) is 23.2 Å². The van der Waals surface area contributed by atoms with E-state index in [9.17, 15) is 5.11 Å². The van der Waals surface area contributed by atoms with Crippen LogP contribution in [0.5, 0.6) is 0 Å². The summed E-state index contributed by atoms with van der Waals surface area (Å²) in [6.07, 6.45) is 0. The highest BCUT2D eigenvalue weighted by atomic mass is 32.1. The van der Waals surface area contributed by atoms with Gasteiger partial charge in [0.1, 0.15) is 0 Å². The minimum atomic E-state index is 0.0335. The van der Waals surface area contributed by atoms with Crippen LogP contribution < -0.4 is 4.90 Å². The molecule has 4 heteroatoms. The lowest BCUT2D eigenvalue weighted by Gasteiger charge is -2.27. The first-order valence-corrected chi connectivity index (χ1v) is 7.75. The first-order valence-electron chi connectivity index (χ1n) is 6.93. The van der Waals surface area contributed by atoms with Crippen LogP contribution in [-0.2, 0) is 6.61 Å². The van der Waals surface area contributed by atoms with Gasteiger partial charge in [-0.2, -0.15) is 0 Å². The van der Waals surface area contributed by atoms with Crippen LogP contribution in [0, 0.1) is 5.92 Å². The molecule has 0 bridgehead atoms. The third-order valence-corrected chi connectivity index (χ3v) is 4.89. The minimum Gasteiger partial charge on any atom is -0.391 e. The average molecular weight is 290 g/mol. The van der Waals surface area contributed by atoms with Crippen LogP contribution >= 0.6 is 11.3 Å². The second-order valence-electron chi connectivity index (χ2n) is 5.39. The van der Waals surface area contributed by atoms with Gasteiger partial charge in [-0.05, 0) is 12.8 Å². The molecule has 0 amide bonds. The van der Waals surface area contributed by atoms with Crippen molar-refractivity contribution in [3.63, 3.8) is 0 Å². The van der Waals surface area contributed by atoms with Crippen LogP contribution in [0.3, 0.4) is 0 Å². The molecule has 0 aliphatic rings. The van der Waals surface area contributed by atoms with Gasteiger partial charge in [-0.1, -0.05) is 55.5 Å². The number of aliphatic hydroxyl groups excluding tert-OH is 1. The van der Waals surface area contributed by atoms with Gasteiger partial charge in [0.25, 0.3) is 0 Å². The fraction of sp³-hybridized carbons (Fsp3) is 0.438. The van der Waals surface area contributed by atoms with Gasteiger partial charge >= 0.3 is 0 Å². The monoisotopic (exact) mass is 290 g/mol. The van der Waals surface area contributed by atoms with Crippen molar-refractivity contribution in [1.82, 2.24) is 4.98 Å². The van der Waals surface area contributed by atoms with Gasteiger partial charge in [0.15, 0.2) is 5.13 Å². The number of benzene rings is 1.